The van der Waals surface area contributed by atoms with Gasteiger partial charge in [-0.3, -0.25) is 28.9 Å². The second kappa shape index (κ2) is 22.7. The third-order valence-corrected chi connectivity index (χ3v) is 8.66. The number of Topliss-reactive ketones (excluding diaryl/α,β-unsaturated/α-hetero) is 1. The van der Waals surface area contributed by atoms with Crippen LogP contribution in [0.5, 0.6) is 0 Å². The molecule has 2 aliphatic rings. The number of rotatable bonds is 15. The lowest BCUT2D eigenvalue weighted by molar-refractivity contribution is -0.244. The Hall–Kier alpha value is -4.54. The van der Waals surface area contributed by atoms with E-state index in [1.54, 1.807) is 58.3 Å². The van der Waals surface area contributed by atoms with E-state index in [9.17, 15) is 46.7 Å². The molecule has 14 nitrogen and oxygen atoms in total. The van der Waals surface area contributed by atoms with Crippen LogP contribution in [0, 0.1) is 11.8 Å². The molecular weight excluding hydrogens is 725 g/mol. The van der Waals surface area contributed by atoms with Gasteiger partial charge in [0.15, 0.2) is 0 Å². The van der Waals surface area contributed by atoms with E-state index in [1.807, 2.05) is 11.9 Å². The highest BCUT2D eigenvalue weighted by molar-refractivity contribution is 6.38. The molecule has 310 valence electrons. The van der Waals surface area contributed by atoms with Gasteiger partial charge in [0.25, 0.3) is 5.91 Å². The molecular formula is C38H59F3N6O8. The van der Waals surface area contributed by atoms with Crippen molar-refractivity contribution in [2.45, 2.75) is 116 Å². The van der Waals surface area contributed by atoms with Gasteiger partial charge in [-0.15, -0.1) is 0 Å². The number of alkyl carbamates (subject to hydrolysis) is 1. The SMILES string of the molecule is CC(C)C(C=O)NC(=O)OC(C)(C)C(F)(F)F.CCC.CN(C)C(=O)C(NC(=O)CNC(=O)C(=O)C(CC1CC1)NC(=O)C1CCCN1C)c1ccccc1. The summed E-state index contributed by atoms with van der Waals surface area (Å²) in [7, 11) is 5.04. The molecule has 4 unspecified atom stereocenters. The zero-order valence-corrected chi connectivity index (χ0v) is 33.4. The minimum atomic E-state index is -4.67. The highest BCUT2D eigenvalue weighted by atomic mass is 19.4. The summed E-state index contributed by atoms with van der Waals surface area (Å²) in [6.45, 7) is 9.36. The van der Waals surface area contributed by atoms with E-state index >= 15 is 0 Å². The molecule has 0 radical (unpaired) electrons. The number of aldehydes is 1. The van der Waals surface area contributed by atoms with Crippen molar-refractivity contribution < 1.29 is 51.5 Å². The van der Waals surface area contributed by atoms with Gasteiger partial charge in [-0.2, -0.15) is 13.2 Å². The highest BCUT2D eigenvalue weighted by Gasteiger charge is 2.51. The Kier molecular flexibility index (Phi) is 20.0. The summed E-state index contributed by atoms with van der Waals surface area (Å²) in [5.74, 6) is -2.79. The van der Waals surface area contributed by atoms with Crippen molar-refractivity contribution in [2.24, 2.45) is 11.8 Å². The molecule has 4 N–H and O–H groups in total. The number of likely N-dealkylation sites (tertiary alicyclic amines) is 1. The fourth-order valence-electron chi connectivity index (χ4n) is 5.05. The van der Waals surface area contributed by atoms with Crippen molar-refractivity contribution >= 4 is 41.8 Å². The number of ketones is 1. The molecule has 1 aliphatic heterocycles. The molecule has 17 heteroatoms. The number of alkyl halides is 3. The van der Waals surface area contributed by atoms with Crippen molar-refractivity contribution in [1.29, 1.82) is 0 Å². The molecule has 1 aromatic rings. The molecule has 3 rings (SSSR count). The molecule has 0 aromatic heterocycles. The Labute approximate surface area is 322 Å². The third kappa shape index (κ3) is 16.8. The molecule has 0 bridgehead atoms. The van der Waals surface area contributed by atoms with Crippen molar-refractivity contribution in [3.63, 3.8) is 0 Å². The predicted octanol–water partition coefficient (Wildman–Crippen LogP) is 3.69. The molecule has 1 aliphatic carbocycles. The Morgan fingerprint density at radius 3 is 2.00 bits per heavy atom. The van der Waals surface area contributed by atoms with Crippen LogP contribution in [0.4, 0.5) is 18.0 Å². The third-order valence-electron chi connectivity index (χ3n) is 8.66. The number of halogens is 3. The number of ether oxygens (including phenoxy) is 1. The lowest BCUT2D eigenvalue weighted by atomic mass is 10.0. The maximum Gasteiger partial charge on any atom is 0.427 e. The van der Waals surface area contributed by atoms with E-state index in [0.29, 0.717) is 30.6 Å². The second-order valence-corrected chi connectivity index (χ2v) is 14.7. The number of carbonyl (C=O) groups is 7. The Balaban J connectivity index is 0.000000635. The van der Waals surface area contributed by atoms with Crippen LogP contribution >= 0.6 is 0 Å². The van der Waals surface area contributed by atoms with Gasteiger partial charge in [-0.1, -0.05) is 77.3 Å². The van der Waals surface area contributed by atoms with E-state index in [0.717, 1.165) is 39.7 Å². The normalized spacial score (nSPS) is 17.1. The molecule has 1 saturated carbocycles. The Morgan fingerprint density at radius 2 is 1.55 bits per heavy atom. The van der Waals surface area contributed by atoms with Crippen LogP contribution in [0.15, 0.2) is 30.3 Å². The Bertz CT molecular complexity index is 1440. The summed E-state index contributed by atoms with van der Waals surface area (Å²) in [6.07, 6.45) is -0.266. The number of benzene rings is 1. The largest absolute Gasteiger partial charge is 0.434 e. The first-order chi connectivity index (χ1) is 25.6. The quantitative estimate of drug-likeness (QED) is 0.152. The number of carbonyl (C=O) groups excluding carboxylic acids is 7. The van der Waals surface area contributed by atoms with Gasteiger partial charge in [0, 0.05) is 14.1 Å². The minimum absolute atomic E-state index is 0.228. The van der Waals surface area contributed by atoms with Gasteiger partial charge < -0.3 is 35.7 Å². The molecule has 1 saturated heterocycles. The first-order valence-electron chi connectivity index (χ1n) is 18.5. The van der Waals surface area contributed by atoms with Gasteiger partial charge in [0.05, 0.1) is 24.7 Å². The molecule has 0 spiro atoms. The van der Waals surface area contributed by atoms with Crippen molar-refractivity contribution in [2.75, 3.05) is 34.2 Å². The first-order valence-corrected chi connectivity index (χ1v) is 18.5. The number of hydrogen-bond acceptors (Lipinski definition) is 9. The number of amides is 5. The van der Waals surface area contributed by atoms with Crippen LogP contribution < -0.4 is 21.3 Å². The molecule has 4 atom stereocenters. The van der Waals surface area contributed by atoms with Gasteiger partial charge >= 0.3 is 12.3 Å². The summed E-state index contributed by atoms with van der Waals surface area (Å²) in [5, 5.41) is 9.80. The summed E-state index contributed by atoms with van der Waals surface area (Å²) in [4.78, 5) is 88.3. The number of nitrogens with one attached hydrogen (secondary N) is 4. The molecule has 1 aromatic carbocycles. The van der Waals surface area contributed by atoms with Crippen LogP contribution in [0.3, 0.4) is 0 Å². The van der Waals surface area contributed by atoms with Gasteiger partial charge in [0.2, 0.25) is 29.1 Å². The molecule has 1 heterocycles. The zero-order valence-electron chi connectivity index (χ0n) is 33.4. The average molecular weight is 785 g/mol. The van der Waals surface area contributed by atoms with Crippen LogP contribution in [-0.4, -0.2) is 116 Å². The lowest BCUT2D eigenvalue weighted by Gasteiger charge is -2.28. The van der Waals surface area contributed by atoms with Crippen molar-refractivity contribution in [3.8, 4) is 0 Å². The van der Waals surface area contributed by atoms with Gasteiger partial charge in [-0.05, 0) is 64.1 Å². The number of hydrogen-bond donors (Lipinski definition) is 4. The topological polar surface area (TPSA) is 183 Å². The fourth-order valence-corrected chi connectivity index (χ4v) is 5.05. The van der Waals surface area contributed by atoms with Crippen LogP contribution in [0.25, 0.3) is 0 Å². The van der Waals surface area contributed by atoms with Gasteiger partial charge in [0.1, 0.15) is 12.3 Å². The maximum absolute atomic E-state index is 12.9. The van der Waals surface area contributed by atoms with Crippen LogP contribution in [0.1, 0.15) is 91.7 Å². The lowest BCUT2D eigenvalue weighted by Crippen LogP contribution is -2.53. The molecule has 5 amide bonds. The smallest absolute Gasteiger partial charge is 0.427 e. The fraction of sp³-hybridized carbons (Fsp3) is 0.658. The number of nitrogens with zero attached hydrogens (tertiary/aromatic N) is 2. The Morgan fingerprint density at radius 1 is 0.964 bits per heavy atom. The molecule has 2 fully saturated rings. The van der Waals surface area contributed by atoms with Crippen LogP contribution in [-0.2, 0) is 33.5 Å². The first kappa shape index (κ1) is 48.5. The highest BCUT2D eigenvalue weighted by Crippen LogP contribution is 2.34. The van der Waals surface area contributed by atoms with Crippen LogP contribution in [0.2, 0.25) is 0 Å². The average Bonchev–Trinajstić information content (AvgIpc) is 3.83. The zero-order chi connectivity index (χ0) is 42.1. The van der Waals surface area contributed by atoms with E-state index < -0.39 is 60.1 Å². The van der Waals surface area contributed by atoms with Gasteiger partial charge in [-0.25, -0.2) is 4.79 Å². The summed E-state index contributed by atoms with van der Waals surface area (Å²) in [5.41, 5.74) is -1.99. The maximum atomic E-state index is 12.9. The standard InChI is InChI=1S/C25H35N5O5.C10H16F3NO3.C3H8/c1-29(2)25(35)21(17-8-5-4-6-9-17)28-20(31)15-26-24(34)22(32)18(14-16-11-12-16)27-23(33)19-10-7-13-30(19)3;1-6(2)7(5-15)14-8(16)17-9(3,4)10(11,12)13;1-3-2/h4-6,8-9,16,18-19,21H,7,10-15H2,1-3H3,(H,26,34)(H,27,33)(H,28,31);5-7H,1-4H3,(H,14,16);3H2,1-2H3. The van der Waals surface area contributed by atoms with Crippen molar-refractivity contribution in [3.05, 3.63) is 35.9 Å². The molecule has 55 heavy (non-hydrogen) atoms. The summed E-state index contributed by atoms with van der Waals surface area (Å²) in [6, 6.07) is 5.76. The summed E-state index contributed by atoms with van der Waals surface area (Å²) >= 11 is 0. The minimum Gasteiger partial charge on any atom is -0.434 e. The van der Waals surface area contributed by atoms with E-state index in [-0.39, 0.29) is 23.8 Å². The van der Waals surface area contributed by atoms with E-state index in [4.69, 9.17) is 0 Å². The number of likely N-dealkylation sites (N-methyl/N-ethyl adjacent to an activating group) is 2. The predicted molar refractivity (Wildman–Crippen MR) is 199 cm³/mol. The van der Waals surface area contributed by atoms with E-state index in [1.165, 1.54) is 11.3 Å². The summed E-state index contributed by atoms with van der Waals surface area (Å²) < 4.78 is 41.4. The van der Waals surface area contributed by atoms with E-state index in [2.05, 4.69) is 39.9 Å². The second-order valence-electron chi connectivity index (χ2n) is 14.7. The van der Waals surface area contributed by atoms with Crippen molar-refractivity contribution in [1.82, 2.24) is 31.1 Å². The monoisotopic (exact) mass is 784 g/mol.